The number of likely N-dealkylation sites (tertiary alicyclic amines) is 1. The van der Waals surface area contributed by atoms with Crippen LogP contribution in [0.5, 0.6) is 11.5 Å². The van der Waals surface area contributed by atoms with Gasteiger partial charge in [0.1, 0.15) is 6.10 Å². The van der Waals surface area contributed by atoms with Gasteiger partial charge in [-0.15, -0.1) is 0 Å². The summed E-state index contributed by atoms with van der Waals surface area (Å²) in [4.78, 5) is 1.97. The molecule has 0 radical (unpaired) electrons. The fourth-order valence-electron chi connectivity index (χ4n) is 2.68. The molecule has 0 spiro atoms. The second kappa shape index (κ2) is 5.36. The van der Waals surface area contributed by atoms with E-state index in [-0.39, 0.29) is 12.1 Å². The summed E-state index contributed by atoms with van der Waals surface area (Å²) >= 11 is 0. The number of nitrogens with zero attached hydrogens (tertiary/aromatic N) is 1. The van der Waals surface area contributed by atoms with Crippen LogP contribution >= 0.6 is 0 Å². The third-order valence-electron chi connectivity index (χ3n) is 4.00. The molecule has 1 fully saturated rings. The van der Waals surface area contributed by atoms with E-state index in [9.17, 15) is 10.2 Å². The minimum Gasteiger partial charge on any atom is -0.493 e. The van der Waals surface area contributed by atoms with Gasteiger partial charge in [-0.05, 0) is 31.7 Å². The molecule has 5 heteroatoms. The molecule has 5 nitrogen and oxygen atoms in total. The van der Waals surface area contributed by atoms with Crippen LogP contribution in [0.1, 0.15) is 18.5 Å². The molecule has 106 valence electrons. The van der Waals surface area contributed by atoms with Crippen molar-refractivity contribution in [2.75, 3.05) is 21.3 Å². The summed E-state index contributed by atoms with van der Waals surface area (Å²) in [6.45, 7) is 1.90. The average Bonchev–Trinajstić information content (AvgIpc) is 2.62. The number of aliphatic hydroxyl groups is 2. The summed E-state index contributed by atoms with van der Waals surface area (Å²) in [6.07, 6.45) is -1.55. The van der Waals surface area contributed by atoms with E-state index in [2.05, 4.69) is 0 Å². The Balaban J connectivity index is 2.37. The highest BCUT2D eigenvalue weighted by molar-refractivity contribution is 5.44. The van der Waals surface area contributed by atoms with Crippen LogP contribution in [0, 0.1) is 0 Å². The van der Waals surface area contributed by atoms with Crippen LogP contribution < -0.4 is 9.47 Å². The highest BCUT2D eigenvalue weighted by Gasteiger charge is 2.44. The van der Waals surface area contributed by atoms with Gasteiger partial charge in [-0.1, -0.05) is 6.07 Å². The van der Waals surface area contributed by atoms with E-state index in [0.29, 0.717) is 11.5 Å². The van der Waals surface area contributed by atoms with Crippen LogP contribution in [-0.4, -0.2) is 54.6 Å². The Labute approximate surface area is 113 Å². The molecular weight excluding hydrogens is 246 g/mol. The van der Waals surface area contributed by atoms with Gasteiger partial charge in [0.25, 0.3) is 0 Å². The molecule has 1 saturated heterocycles. The molecule has 4 atom stereocenters. The van der Waals surface area contributed by atoms with Gasteiger partial charge in [-0.25, -0.2) is 0 Å². The molecule has 0 aromatic heterocycles. The van der Waals surface area contributed by atoms with Crippen molar-refractivity contribution in [3.63, 3.8) is 0 Å². The lowest BCUT2D eigenvalue weighted by atomic mass is 10.0. The summed E-state index contributed by atoms with van der Waals surface area (Å²) in [5, 5.41) is 20.1. The fourth-order valence-corrected chi connectivity index (χ4v) is 2.68. The van der Waals surface area contributed by atoms with E-state index in [4.69, 9.17) is 9.47 Å². The van der Waals surface area contributed by atoms with Crippen molar-refractivity contribution < 1.29 is 19.7 Å². The second-order valence-electron chi connectivity index (χ2n) is 4.95. The molecular formula is C14H21NO4. The third kappa shape index (κ3) is 2.29. The zero-order valence-corrected chi connectivity index (χ0v) is 11.7. The van der Waals surface area contributed by atoms with Crippen LogP contribution in [0.15, 0.2) is 18.2 Å². The van der Waals surface area contributed by atoms with E-state index >= 15 is 0 Å². The zero-order chi connectivity index (χ0) is 14.2. The Bertz CT molecular complexity index is 437. The maximum Gasteiger partial charge on any atom is 0.161 e. The number of rotatable bonds is 3. The van der Waals surface area contributed by atoms with Crippen molar-refractivity contribution >= 4 is 0 Å². The Morgan fingerprint density at radius 3 is 2.16 bits per heavy atom. The lowest BCUT2D eigenvalue weighted by molar-refractivity contribution is 0.0300. The highest BCUT2D eigenvalue weighted by atomic mass is 16.5. The molecule has 0 amide bonds. The molecule has 19 heavy (non-hydrogen) atoms. The first-order chi connectivity index (χ1) is 9.01. The first-order valence-corrected chi connectivity index (χ1v) is 6.31. The molecule has 2 unspecified atom stereocenters. The van der Waals surface area contributed by atoms with Gasteiger partial charge in [0.05, 0.1) is 26.4 Å². The summed E-state index contributed by atoms with van der Waals surface area (Å²) in [5.41, 5.74) is 0.899. The average molecular weight is 267 g/mol. The molecule has 1 aromatic carbocycles. The molecule has 2 rings (SSSR count). The predicted molar refractivity (Wildman–Crippen MR) is 71.5 cm³/mol. The van der Waals surface area contributed by atoms with E-state index in [0.717, 1.165) is 5.56 Å². The van der Waals surface area contributed by atoms with Crippen LogP contribution in [0.3, 0.4) is 0 Å². The Kier molecular flexibility index (Phi) is 3.99. The molecule has 0 aliphatic carbocycles. The molecule has 1 aliphatic heterocycles. The van der Waals surface area contributed by atoms with Gasteiger partial charge >= 0.3 is 0 Å². The maximum absolute atomic E-state index is 10.2. The summed E-state index contributed by atoms with van der Waals surface area (Å²) < 4.78 is 10.5. The largest absolute Gasteiger partial charge is 0.493 e. The summed E-state index contributed by atoms with van der Waals surface area (Å²) in [5.74, 6) is 1.27. The predicted octanol–water partition coefficient (Wildman–Crippen LogP) is 0.801. The minimum absolute atomic E-state index is 0.0897. The van der Waals surface area contributed by atoms with Gasteiger partial charge in [-0.2, -0.15) is 0 Å². The van der Waals surface area contributed by atoms with Gasteiger partial charge in [-0.3, -0.25) is 4.90 Å². The number of methoxy groups -OCH3 is 2. The highest BCUT2D eigenvalue weighted by Crippen LogP contribution is 2.38. The van der Waals surface area contributed by atoms with Crippen LogP contribution in [0.4, 0.5) is 0 Å². The number of hydrogen-bond donors (Lipinski definition) is 2. The van der Waals surface area contributed by atoms with Crippen LogP contribution in [0.2, 0.25) is 0 Å². The third-order valence-corrected chi connectivity index (χ3v) is 4.00. The van der Waals surface area contributed by atoms with E-state index < -0.39 is 12.2 Å². The molecule has 1 aromatic rings. The first-order valence-electron chi connectivity index (χ1n) is 6.31. The number of hydrogen-bond acceptors (Lipinski definition) is 5. The number of ether oxygens (including phenoxy) is 2. The minimum atomic E-state index is -0.807. The van der Waals surface area contributed by atoms with Crippen molar-refractivity contribution in [1.82, 2.24) is 4.90 Å². The van der Waals surface area contributed by atoms with Gasteiger partial charge in [0, 0.05) is 6.04 Å². The smallest absolute Gasteiger partial charge is 0.161 e. The molecule has 1 heterocycles. The summed E-state index contributed by atoms with van der Waals surface area (Å²) in [7, 11) is 5.05. The quantitative estimate of drug-likeness (QED) is 0.848. The van der Waals surface area contributed by atoms with Crippen molar-refractivity contribution in [3.8, 4) is 11.5 Å². The summed E-state index contributed by atoms with van der Waals surface area (Å²) in [6, 6.07) is 5.20. The monoisotopic (exact) mass is 267 g/mol. The maximum atomic E-state index is 10.2. The van der Waals surface area contributed by atoms with Gasteiger partial charge in [0.15, 0.2) is 11.5 Å². The lowest BCUT2D eigenvalue weighted by Gasteiger charge is -2.25. The number of likely N-dealkylation sites (N-methyl/N-ethyl adjacent to an activating group) is 1. The fraction of sp³-hybridized carbons (Fsp3) is 0.571. The number of aliphatic hydroxyl groups excluding tert-OH is 2. The van der Waals surface area contributed by atoms with Gasteiger partial charge < -0.3 is 19.7 Å². The van der Waals surface area contributed by atoms with Crippen molar-refractivity contribution in [2.45, 2.75) is 31.2 Å². The molecule has 0 bridgehead atoms. The molecule has 0 saturated carbocycles. The number of benzene rings is 1. The van der Waals surface area contributed by atoms with Crippen molar-refractivity contribution in [2.24, 2.45) is 0 Å². The van der Waals surface area contributed by atoms with Crippen LogP contribution in [0.25, 0.3) is 0 Å². The lowest BCUT2D eigenvalue weighted by Crippen LogP contribution is -2.30. The zero-order valence-electron chi connectivity index (χ0n) is 11.7. The molecule has 1 aliphatic rings. The van der Waals surface area contributed by atoms with Crippen LogP contribution in [-0.2, 0) is 0 Å². The Morgan fingerprint density at radius 1 is 1.05 bits per heavy atom. The topological polar surface area (TPSA) is 62.2 Å². The Morgan fingerprint density at radius 2 is 1.68 bits per heavy atom. The van der Waals surface area contributed by atoms with E-state index in [1.165, 1.54) is 0 Å². The normalized spacial score (nSPS) is 31.5. The van der Waals surface area contributed by atoms with E-state index in [1.807, 2.05) is 37.1 Å². The van der Waals surface area contributed by atoms with Gasteiger partial charge in [0.2, 0.25) is 0 Å². The van der Waals surface area contributed by atoms with Crippen molar-refractivity contribution in [3.05, 3.63) is 23.8 Å². The standard InChI is InChI=1S/C14H21NO4/c1-8-13(16)14(17)12(15(8)2)9-5-6-10(18-3)11(7-9)19-4/h5-8,12-14,16-17H,1-4H3/t8?,12?,13-,14+/m0/s1. The first kappa shape index (κ1) is 14.1. The SMILES string of the molecule is COc1ccc(C2[C@@H](O)[C@@H](O)C(C)N2C)cc1OC. The Hall–Kier alpha value is -1.30. The van der Waals surface area contributed by atoms with Crippen molar-refractivity contribution in [1.29, 1.82) is 0 Å². The van der Waals surface area contributed by atoms with E-state index in [1.54, 1.807) is 14.2 Å². The second-order valence-corrected chi connectivity index (χ2v) is 4.95. The molecule has 2 N–H and O–H groups in total.